The maximum atomic E-state index is 12.0. The van der Waals surface area contributed by atoms with E-state index in [1.54, 1.807) is 0 Å². The fourth-order valence-electron chi connectivity index (χ4n) is 1.77. The number of ether oxygens (including phenoxy) is 1. The third-order valence-electron chi connectivity index (χ3n) is 2.66. The first-order valence-electron chi connectivity index (χ1n) is 7.98. The molecular weight excluding hydrogens is 272 g/mol. The Kier molecular flexibility index (Phi) is 10.9. The van der Waals surface area contributed by atoms with Gasteiger partial charge in [0.2, 0.25) is 0 Å². The molecule has 0 saturated carbocycles. The van der Waals surface area contributed by atoms with Gasteiger partial charge in [-0.05, 0) is 40.5 Å². The summed E-state index contributed by atoms with van der Waals surface area (Å²) in [5.74, 6) is 5.74. The van der Waals surface area contributed by atoms with Crippen LogP contribution >= 0.6 is 0 Å². The SMILES string of the molecule is CC#CC/C=C\C(/C=C/C/C=C\CC)CC(=O)OC(C)(C)C. The lowest BCUT2D eigenvalue weighted by molar-refractivity contribution is -0.155. The summed E-state index contributed by atoms with van der Waals surface area (Å²) < 4.78 is 5.39. The molecule has 0 aromatic rings. The third-order valence-corrected chi connectivity index (χ3v) is 2.66. The van der Waals surface area contributed by atoms with Crippen molar-refractivity contribution in [2.24, 2.45) is 5.92 Å². The summed E-state index contributed by atoms with van der Waals surface area (Å²) in [7, 11) is 0. The molecule has 0 aliphatic heterocycles. The first-order valence-corrected chi connectivity index (χ1v) is 7.98. The number of hydrogen-bond acceptors (Lipinski definition) is 2. The van der Waals surface area contributed by atoms with E-state index in [0.29, 0.717) is 12.8 Å². The fraction of sp³-hybridized carbons (Fsp3) is 0.550. The molecule has 0 bridgehead atoms. The van der Waals surface area contributed by atoms with Crippen molar-refractivity contribution in [3.63, 3.8) is 0 Å². The van der Waals surface area contributed by atoms with Crippen LogP contribution in [0.5, 0.6) is 0 Å². The molecule has 0 N–H and O–H groups in total. The molecule has 0 aliphatic rings. The van der Waals surface area contributed by atoms with Crippen LogP contribution in [-0.2, 0) is 9.53 Å². The maximum absolute atomic E-state index is 12.0. The van der Waals surface area contributed by atoms with Gasteiger partial charge >= 0.3 is 5.97 Å². The van der Waals surface area contributed by atoms with Gasteiger partial charge in [0.05, 0.1) is 6.42 Å². The van der Waals surface area contributed by atoms with Crippen LogP contribution in [-0.4, -0.2) is 11.6 Å². The van der Waals surface area contributed by atoms with Crippen LogP contribution in [0.2, 0.25) is 0 Å². The zero-order chi connectivity index (χ0) is 16.8. The van der Waals surface area contributed by atoms with E-state index < -0.39 is 5.60 Å². The molecule has 2 nitrogen and oxygen atoms in total. The lowest BCUT2D eigenvalue weighted by atomic mass is 10.0. The smallest absolute Gasteiger partial charge is 0.307 e. The van der Waals surface area contributed by atoms with Gasteiger partial charge in [0, 0.05) is 12.3 Å². The predicted octanol–water partition coefficient (Wildman–Crippen LogP) is 5.22. The minimum Gasteiger partial charge on any atom is -0.460 e. The van der Waals surface area contributed by atoms with E-state index in [2.05, 4.69) is 43.1 Å². The Bertz CT molecular complexity index is 450. The van der Waals surface area contributed by atoms with E-state index in [1.165, 1.54) is 0 Å². The van der Waals surface area contributed by atoms with Crippen molar-refractivity contribution < 1.29 is 9.53 Å². The molecule has 0 rings (SSSR count). The largest absolute Gasteiger partial charge is 0.460 e. The zero-order valence-corrected chi connectivity index (χ0v) is 14.7. The lowest BCUT2D eigenvalue weighted by Gasteiger charge is -2.20. The highest BCUT2D eigenvalue weighted by atomic mass is 16.6. The van der Waals surface area contributed by atoms with Gasteiger partial charge in [0.1, 0.15) is 5.60 Å². The van der Waals surface area contributed by atoms with Gasteiger partial charge in [-0.1, -0.05) is 49.3 Å². The van der Waals surface area contributed by atoms with E-state index in [9.17, 15) is 4.79 Å². The molecule has 0 amide bonds. The highest BCUT2D eigenvalue weighted by Gasteiger charge is 2.18. The van der Waals surface area contributed by atoms with E-state index in [4.69, 9.17) is 4.74 Å². The van der Waals surface area contributed by atoms with Gasteiger partial charge in [0.25, 0.3) is 0 Å². The van der Waals surface area contributed by atoms with Gasteiger partial charge in [-0.3, -0.25) is 4.79 Å². The van der Waals surface area contributed by atoms with Crippen LogP contribution in [0.15, 0.2) is 36.5 Å². The van der Waals surface area contributed by atoms with Crippen molar-refractivity contribution in [1.82, 2.24) is 0 Å². The second-order valence-corrected chi connectivity index (χ2v) is 6.06. The first kappa shape index (κ1) is 20.2. The number of hydrogen-bond donors (Lipinski definition) is 0. The zero-order valence-electron chi connectivity index (χ0n) is 14.7. The van der Waals surface area contributed by atoms with E-state index in [-0.39, 0.29) is 11.9 Å². The Morgan fingerprint density at radius 1 is 1.14 bits per heavy atom. The monoisotopic (exact) mass is 302 g/mol. The Morgan fingerprint density at radius 2 is 1.82 bits per heavy atom. The van der Waals surface area contributed by atoms with Gasteiger partial charge in [-0.2, -0.15) is 0 Å². The number of carbonyl (C=O) groups excluding carboxylic acids is 1. The minimum atomic E-state index is -0.438. The Balaban J connectivity index is 4.62. The molecule has 122 valence electrons. The Morgan fingerprint density at radius 3 is 2.41 bits per heavy atom. The van der Waals surface area contributed by atoms with E-state index in [1.807, 2.05) is 39.8 Å². The van der Waals surface area contributed by atoms with Crippen LogP contribution in [0.25, 0.3) is 0 Å². The highest BCUT2D eigenvalue weighted by Crippen LogP contribution is 2.14. The average Bonchev–Trinajstić information content (AvgIpc) is 2.40. The second-order valence-electron chi connectivity index (χ2n) is 6.06. The summed E-state index contributed by atoms with van der Waals surface area (Å²) >= 11 is 0. The molecule has 0 fully saturated rings. The minimum absolute atomic E-state index is 0.0588. The van der Waals surface area contributed by atoms with Crippen molar-refractivity contribution in [3.8, 4) is 11.8 Å². The molecule has 0 heterocycles. The van der Waals surface area contributed by atoms with Crippen molar-refractivity contribution in [3.05, 3.63) is 36.5 Å². The molecule has 0 aliphatic carbocycles. The summed E-state index contributed by atoms with van der Waals surface area (Å²) in [6.07, 6.45) is 15.5. The average molecular weight is 302 g/mol. The molecular formula is C20H30O2. The van der Waals surface area contributed by atoms with Gasteiger partial charge in [-0.25, -0.2) is 0 Å². The third kappa shape index (κ3) is 13.2. The van der Waals surface area contributed by atoms with E-state index in [0.717, 1.165) is 12.8 Å². The molecule has 0 saturated heterocycles. The number of rotatable bonds is 8. The van der Waals surface area contributed by atoms with Crippen LogP contribution < -0.4 is 0 Å². The molecule has 0 radical (unpaired) electrons. The number of allylic oxidation sites excluding steroid dienone is 6. The summed E-state index contributed by atoms with van der Waals surface area (Å²) in [5.41, 5.74) is -0.438. The molecule has 2 heteroatoms. The molecule has 0 spiro atoms. The van der Waals surface area contributed by atoms with Crippen molar-refractivity contribution in [2.75, 3.05) is 0 Å². The van der Waals surface area contributed by atoms with Crippen molar-refractivity contribution in [2.45, 2.75) is 65.9 Å². The molecule has 22 heavy (non-hydrogen) atoms. The molecule has 0 aromatic carbocycles. The van der Waals surface area contributed by atoms with Crippen LogP contribution in [0.1, 0.15) is 60.3 Å². The first-order chi connectivity index (χ1) is 10.4. The second kappa shape index (κ2) is 11.9. The topological polar surface area (TPSA) is 26.3 Å². The fourth-order valence-corrected chi connectivity index (χ4v) is 1.77. The maximum Gasteiger partial charge on any atom is 0.307 e. The van der Waals surface area contributed by atoms with Crippen LogP contribution in [0.4, 0.5) is 0 Å². The summed E-state index contributed by atoms with van der Waals surface area (Å²) in [4.78, 5) is 12.0. The Hall–Kier alpha value is -1.75. The lowest BCUT2D eigenvalue weighted by Crippen LogP contribution is -2.24. The summed E-state index contributed by atoms with van der Waals surface area (Å²) in [6, 6.07) is 0. The highest BCUT2D eigenvalue weighted by molar-refractivity contribution is 5.70. The summed E-state index contributed by atoms with van der Waals surface area (Å²) in [6.45, 7) is 9.60. The summed E-state index contributed by atoms with van der Waals surface area (Å²) in [5, 5.41) is 0. The van der Waals surface area contributed by atoms with Gasteiger partial charge in [-0.15, -0.1) is 5.92 Å². The number of carbonyl (C=O) groups is 1. The van der Waals surface area contributed by atoms with Crippen LogP contribution in [0, 0.1) is 17.8 Å². The number of esters is 1. The molecule has 1 unspecified atom stereocenters. The van der Waals surface area contributed by atoms with Gasteiger partial charge < -0.3 is 4.74 Å². The van der Waals surface area contributed by atoms with E-state index >= 15 is 0 Å². The van der Waals surface area contributed by atoms with Gasteiger partial charge in [0.15, 0.2) is 0 Å². The quantitative estimate of drug-likeness (QED) is 0.349. The standard InChI is InChI=1S/C20H30O2/c1-6-8-10-12-14-16-18(15-13-11-9-7-2)17-19(21)22-20(3,4)5/h8,10,13-16,18H,6,11-12,17H2,1-5H3/b10-8-,15-13-,16-14+. The van der Waals surface area contributed by atoms with Crippen molar-refractivity contribution >= 4 is 5.97 Å². The van der Waals surface area contributed by atoms with Crippen molar-refractivity contribution in [1.29, 1.82) is 0 Å². The normalized spacial score (nSPS) is 13.5. The molecule has 0 aromatic heterocycles. The molecule has 1 atom stereocenters. The Labute approximate surface area is 136 Å². The van der Waals surface area contributed by atoms with Crippen LogP contribution in [0.3, 0.4) is 0 Å². The predicted molar refractivity (Wildman–Crippen MR) is 94.3 cm³/mol.